The van der Waals surface area contributed by atoms with E-state index in [-0.39, 0.29) is 72.2 Å². The lowest BCUT2D eigenvalue weighted by Crippen LogP contribution is -2.48. The second kappa shape index (κ2) is 25.7. The van der Waals surface area contributed by atoms with Gasteiger partial charge in [-0.1, -0.05) is 60.7 Å². The third kappa shape index (κ3) is 16.3. The van der Waals surface area contributed by atoms with Crippen LogP contribution < -0.4 is 21.3 Å². The molecule has 15 heteroatoms. The number of benzene rings is 2. The Kier molecular flexibility index (Phi) is 20.5. The highest BCUT2D eigenvalue weighted by molar-refractivity contribution is 7.10. The fraction of sp³-hybridized carbons (Fsp3) is 0.538. The largest absolute Gasteiger partial charge is 0.416 e. The van der Waals surface area contributed by atoms with Gasteiger partial charge in [0.05, 0.1) is 16.6 Å². The number of hydrogen-bond acceptors (Lipinski definition) is 8. The molecule has 0 aliphatic heterocycles. The summed E-state index contributed by atoms with van der Waals surface area (Å²) in [5.74, 6) is -0.326. The number of thiophene rings is 2. The third-order valence-corrected chi connectivity index (χ3v) is 15.6. The molecule has 2 saturated carbocycles. The summed E-state index contributed by atoms with van der Waals surface area (Å²) in [6.45, 7) is 2.26. The van der Waals surface area contributed by atoms with Crippen LogP contribution in [0.5, 0.6) is 0 Å². The van der Waals surface area contributed by atoms with Crippen molar-refractivity contribution in [3.8, 4) is 0 Å². The average molecular weight is 965 g/mol. The predicted octanol–water partition coefficient (Wildman–Crippen LogP) is 9.59. The molecule has 2 aromatic carbocycles. The summed E-state index contributed by atoms with van der Waals surface area (Å²) in [4.78, 5) is 56.5. The van der Waals surface area contributed by atoms with Crippen LogP contribution in [-0.4, -0.2) is 86.3 Å². The Morgan fingerprint density at radius 1 is 0.642 bits per heavy atom. The fourth-order valence-electron chi connectivity index (χ4n) is 9.42. The second-order valence-corrected chi connectivity index (χ2v) is 20.5. The lowest BCUT2D eigenvalue weighted by Gasteiger charge is -2.44. The molecule has 0 bridgehead atoms. The molecule has 1 atom stereocenters. The van der Waals surface area contributed by atoms with E-state index in [0.29, 0.717) is 31.2 Å². The molecule has 2 aliphatic carbocycles. The van der Waals surface area contributed by atoms with Gasteiger partial charge in [-0.25, -0.2) is 0 Å². The van der Waals surface area contributed by atoms with E-state index >= 15 is 0 Å². The monoisotopic (exact) mass is 964 g/mol. The molecule has 6 rings (SSSR count). The van der Waals surface area contributed by atoms with Crippen molar-refractivity contribution >= 4 is 46.3 Å². The number of carbonyl (C=O) groups excluding carboxylic acids is 4. The summed E-state index contributed by atoms with van der Waals surface area (Å²) in [7, 11) is 8.52. The number of alkyl halides is 3. The van der Waals surface area contributed by atoms with Gasteiger partial charge < -0.3 is 21.3 Å². The normalized spacial score (nSPS) is 21.2. The quantitative estimate of drug-likeness (QED) is 0.0701. The Labute approximate surface area is 403 Å². The van der Waals surface area contributed by atoms with Gasteiger partial charge in [-0.3, -0.25) is 29.0 Å². The minimum atomic E-state index is -4.39. The van der Waals surface area contributed by atoms with Gasteiger partial charge in [0.25, 0.3) is 0 Å². The van der Waals surface area contributed by atoms with Gasteiger partial charge in [0.15, 0.2) is 0 Å². The molecule has 4 N–H and O–H groups in total. The maximum Gasteiger partial charge on any atom is 0.416 e. The molecule has 1 unspecified atom stereocenters. The number of nitrogens with zero attached hydrogens (tertiary/aromatic N) is 2. The summed E-state index contributed by atoms with van der Waals surface area (Å²) in [6, 6.07) is 24.5. The minimum absolute atomic E-state index is 0.00883. The van der Waals surface area contributed by atoms with Crippen molar-refractivity contribution in [1.82, 2.24) is 31.1 Å². The number of halogens is 3. The summed E-state index contributed by atoms with van der Waals surface area (Å²) < 4.78 is 38.4. The Morgan fingerprint density at radius 3 is 1.66 bits per heavy atom. The molecule has 2 aromatic heterocycles. The summed E-state index contributed by atoms with van der Waals surface area (Å²) in [5.41, 5.74) is 1.19. The van der Waals surface area contributed by atoms with E-state index in [1.165, 1.54) is 21.4 Å². The van der Waals surface area contributed by atoms with Crippen molar-refractivity contribution in [3.63, 3.8) is 0 Å². The van der Waals surface area contributed by atoms with Crippen LogP contribution in [0.3, 0.4) is 0 Å². The average Bonchev–Trinajstić information content (AvgIpc) is 4.06. The maximum atomic E-state index is 12.8. The second-order valence-electron chi connectivity index (χ2n) is 18.6. The van der Waals surface area contributed by atoms with E-state index in [1.807, 2.05) is 36.5 Å². The van der Waals surface area contributed by atoms with Crippen molar-refractivity contribution in [3.05, 3.63) is 116 Å². The summed E-state index contributed by atoms with van der Waals surface area (Å²) >= 11 is 3.59. The van der Waals surface area contributed by atoms with E-state index < -0.39 is 11.7 Å². The van der Waals surface area contributed by atoms with Gasteiger partial charge >= 0.3 is 6.18 Å². The van der Waals surface area contributed by atoms with Gasteiger partial charge in [-0.15, -0.1) is 22.7 Å². The van der Waals surface area contributed by atoms with Crippen LogP contribution in [0.2, 0.25) is 0 Å². The molecule has 67 heavy (non-hydrogen) atoms. The van der Waals surface area contributed by atoms with Crippen LogP contribution >= 0.6 is 22.7 Å². The van der Waals surface area contributed by atoms with Gasteiger partial charge in [0, 0.05) is 60.1 Å². The summed E-state index contributed by atoms with van der Waals surface area (Å²) in [5, 5.41) is 16.3. The predicted molar refractivity (Wildman–Crippen MR) is 264 cm³/mol. The van der Waals surface area contributed by atoms with Crippen molar-refractivity contribution < 1.29 is 32.3 Å². The van der Waals surface area contributed by atoms with Crippen LogP contribution in [0, 0.1) is 0 Å². The Balaban J connectivity index is 0.000000251. The number of rotatable bonds is 20. The molecule has 2 aliphatic rings. The van der Waals surface area contributed by atoms with Gasteiger partial charge in [-0.05, 0) is 152 Å². The van der Waals surface area contributed by atoms with Crippen molar-refractivity contribution in [2.45, 2.75) is 145 Å². The molecule has 366 valence electrons. The molecule has 2 heterocycles. The van der Waals surface area contributed by atoms with E-state index in [0.717, 1.165) is 76.3 Å². The summed E-state index contributed by atoms with van der Waals surface area (Å²) in [6.07, 6.45) is 7.07. The molecule has 2 fully saturated rings. The zero-order chi connectivity index (χ0) is 48.5. The van der Waals surface area contributed by atoms with Crippen LogP contribution in [-0.2, 0) is 49.3 Å². The maximum absolute atomic E-state index is 12.8. The molecule has 0 saturated heterocycles. The molecular weight excluding hydrogens is 894 g/mol. The number of carbonyl (C=O) groups is 4. The fourth-order valence-corrected chi connectivity index (χ4v) is 11.5. The molecule has 0 spiro atoms. The van der Waals surface area contributed by atoms with Crippen molar-refractivity contribution in [1.29, 1.82) is 0 Å². The molecule has 10 nitrogen and oxygen atoms in total. The molecule has 4 aromatic rings. The Bertz CT molecular complexity index is 2120. The van der Waals surface area contributed by atoms with Crippen LogP contribution in [0.25, 0.3) is 0 Å². The molecule has 0 radical (unpaired) electrons. The van der Waals surface area contributed by atoms with Gasteiger partial charge in [0.2, 0.25) is 23.6 Å². The number of amides is 4. The van der Waals surface area contributed by atoms with Crippen LogP contribution in [0.1, 0.15) is 123 Å². The van der Waals surface area contributed by atoms with E-state index in [1.54, 1.807) is 17.4 Å². The smallest absolute Gasteiger partial charge is 0.356 e. The van der Waals surface area contributed by atoms with Crippen LogP contribution in [0.15, 0.2) is 89.6 Å². The lowest BCUT2D eigenvalue weighted by molar-refractivity contribution is -0.137. The zero-order valence-corrected chi connectivity index (χ0v) is 41.5. The number of aryl methyl sites for hydroxylation is 1. The van der Waals surface area contributed by atoms with Gasteiger partial charge in [-0.2, -0.15) is 13.2 Å². The Hall–Kier alpha value is -4.57. The first-order valence-electron chi connectivity index (χ1n) is 23.8. The SMILES string of the molecule is CC(CCc1ccccc1)NC(=O)CCCC(=O)NC1CCC(c2cccs2)(N(C)C)CC1.CN(C)C1(c2cccs2)CCC(NC(=O)CCC(=O)NCCc2cccc(C(F)(F)F)c2)CC1. The van der Waals surface area contributed by atoms with Crippen LogP contribution in [0.4, 0.5) is 13.2 Å². The lowest BCUT2D eigenvalue weighted by atomic mass is 9.77. The van der Waals surface area contributed by atoms with E-state index in [9.17, 15) is 32.3 Å². The first-order chi connectivity index (χ1) is 32.0. The highest BCUT2D eigenvalue weighted by Crippen LogP contribution is 2.44. The van der Waals surface area contributed by atoms with E-state index in [2.05, 4.69) is 106 Å². The topological polar surface area (TPSA) is 123 Å². The first kappa shape index (κ1) is 53.4. The molecular formula is C52H71F3N6O4S2. The van der Waals surface area contributed by atoms with Crippen molar-refractivity contribution in [2.24, 2.45) is 0 Å². The minimum Gasteiger partial charge on any atom is -0.356 e. The number of hydrogen-bond donors (Lipinski definition) is 4. The number of nitrogens with one attached hydrogen (secondary N) is 4. The zero-order valence-electron chi connectivity index (χ0n) is 39.9. The third-order valence-electron chi connectivity index (χ3n) is 13.5. The standard InChI is InChI=1S/C27H39N3O2S.C25H32F3N3O2S/c1-21(14-15-22-9-5-4-6-10-22)28-25(31)12-7-13-26(32)29-23-16-18-27(19-17-23,30(2)3)24-11-8-20-33-24;1-31(2)24(21-7-4-16-34-21)13-10-20(11-14-24)30-23(33)9-8-22(32)29-15-12-18-5-3-6-19(17-18)25(26,27)28/h4-6,8-11,20-21,23H,7,12-19H2,1-3H3,(H,28,31)(H,29,32);3-7,16-17,20H,8-15H2,1-2H3,(H,29,32)(H,30,33). The van der Waals surface area contributed by atoms with E-state index in [4.69, 9.17) is 0 Å². The highest BCUT2D eigenvalue weighted by atomic mass is 32.1. The van der Waals surface area contributed by atoms with Gasteiger partial charge in [0.1, 0.15) is 0 Å². The van der Waals surface area contributed by atoms with Crippen molar-refractivity contribution in [2.75, 3.05) is 34.7 Å². The Morgan fingerprint density at radius 2 is 1.15 bits per heavy atom. The molecule has 4 amide bonds. The first-order valence-corrected chi connectivity index (χ1v) is 25.5. The highest BCUT2D eigenvalue weighted by Gasteiger charge is 2.41.